The minimum atomic E-state index is -0.137. The molecule has 0 radical (unpaired) electrons. The Labute approximate surface area is 146 Å². The van der Waals surface area contributed by atoms with Gasteiger partial charge in [-0.15, -0.1) is 0 Å². The number of rotatable bonds is 7. The van der Waals surface area contributed by atoms with E-state index in [1.165, 1.54) is 0 Å². The second-order valence-corrected chi connectivity index (χ2v) is 5.70. The van der Waals surface area contributed by atoms with Crippen molar-refractivity contribution in [3.05, 3.63) is 53.9 Å². The number of hydrogen-bond acceptors (Lipinski definition) is 5. The summed E-state index contributed by atoms with van der Waals surface area (Å²) in [7, 11) is 0. The fourth-order valence-electron chi connectivity index (χ4n) is 2.55. The zero-order chi connectivity index (χ0) is 17.5. The summed E-state index contributed by atoms with van der Waals surface area (Å²) in [4.78, 5) is 28.3. The molecule has 1 aromatic carbocycles. The van der Waals surface area contributed by atoms with Gasteiger partial charge in [-0.25, -0.2) is 0 Å². The van der Waals surface area contributed by atoms with Crippen LogP contribution in [0, 0.1) is 0 Å². The molecule has 6 heteroatoms. The van der Waals surface area contributed by atoms with Crippen molar-refractivity contribution >= 4 is 11.7 Å². The van der Waals surface area contributed by atoms with Crippen LogP contribution < -0.4 is 14.8 Å². The van der Waals surface area contributed by atoms with E-state index in [9.17, 15) is 9.59 Å². The van der Waals surface area contributed by atoms with Crippen molar-refractivity contribution in [2.45, 2.75) is 19.3 Å². The summed E-state index contributed by atoms with van der Waals surface area (Å²) >= 11 is 0. The first-order valence-corrected chi connectivity index (χ1v) is 8.32. The lowest BCUT2D eigenvalue weighted by molar-refractivity contribution is -0.121. The predicted molar refractivity (Wildman–Crippen MR) is 91.9 cm³/mol. The number of nitrogens with one attached hydrogen (secondary N) is 1. The molecule has 2 heterocycles. The molecule has 0 fully saturated rings. The lowest BCUT2D eigenvalue weighted by atomic mass is 10.1. The summed E-state index contributed by atoms with van der Waals surface area (Å²) in [5.41, 5.74) is 1.46. The van der Waals surface area contributed by atoms with Crippen LogP contribution in [0.3, 0.4) is 0 Å². The quantitative estimate of drug-likeness (QED) is 0.782. The molecule has 1 aliphatic heterocycles. The highest BCUT2D eigenvalue weighted by atomic mass is 16.6. The molecule has 0 spiro atoms. The van der Waals surface area contributed by atoms with Crippen molar-refractivity contribution in [2.24, 2.45) is 0 Å². The fourth-order valence-corrected chi connectivity index (χ4v) is 2.55. The highest BCUT2D eigenvalue weighted by molar-refractivity contribution is 5.98. The van der Waals surface area contributed by atoms with Gasteiger partial charge < -0.3 is 14.8 Å². The average molecular weight is 340 g/mol. The van der Waals surface area contributed by atoms with Gasteiger partial charge in [0.15, 0.2) is 17.3 Å². The van der Waals surface area contributed by atoms with Crippen molar-refractivity contribution in [3.63, 3.8) is 0 Å². The van der Waals surface area contributed by atoms with Gasteiger partial charge in [0.25, 0.3) is 0 Å². The predicted octanol–water partition coefficient (Wildman–Crippen LogP) is 2.17. The number of fused-ring (bicyclic) bond motifs is 1. The molecule has 3 rings (SSSR count). The van der Waals surface area contributed by atoms with Gasteiger partial charge in [0.2, 0.25) is 5.91 Å². The summed E-state index contributed by atoms with van der Waals surface area (Å²) in [5, 5.41) is 2.81. The van der Waals surface area contributed by atoms with Crippen LogP contribution in [0.4, 0.5) is 0 Å². The maximum Gasteiger partial charge on any atom is 0.220 e. The summed E-state index contributed by atoms with van der Waals surface area (Å²) < 4.78 is 10.9. The monoisotopic (exact) mass is 340 g/mol. The van der Waals surface area contributed by atoms with Gasteiger partial charge in [-0.3, -0.25) is 14.6 Å². The number of Topliss-reactive ketones (excluding diaryl/α,β-unsaturated/α-hetero) is 1. The Bertz CT molecular complexity index is 746. The van der Waals surface area contributed by atoms with Crippen LogP contribution in [-0.4, -0.2) is 36.4 Å². The minimum absolute atomic E-state index is 0.0863. The molecule has 2 aromatic rings. The van der Waals surface area contributed by atoms with E-state index in [-0.39, 0.29) is 24.5 Å². The summed E-state index contributed by atoms with van der Waals surface area (Å²) in [6, 6.07) is 10.8. The third-order valence-electron chi connectivity index (χ3n) is 3.87. The molecule has 1 N–H and O–H groups in total. The lowest BCUT2D eigenvalue weighted by Gasteiger charge is -2.18. The van der Waals surface area contributed by atoms with Crippen LogP contribution in [0.15, 0.2) is 42.6 Å². The van der Waals surface area contributed by atoms with Crippen LogP contribution >= 0.6 is 0 Å². The number of aromatic nitrogens is 1. The molecule has 25 heavy (non-hydrogen) atoms. The van der Waals surface area contributed by atoms with Gasteiger partial charge in [-0.1, -0.05) is 6.07 Å². The van der Waals surface area contributed by atoms with E-state index >= 15 is 0 Å². The summed E-state index contributed by atoms with van der Waals surface area (Å²) in [6.07, 6.45) is 2.72. The van der Waals surface area contributed by atoms with Crippen LogP contribution in [0.5, 0.6) is 11.5 Å². The molecule has 0 atom stereocenters. The SMILES string of the molecule is O=C(CCC(=O)c1ccc2c(c1)OCCO2)NCCc1ccccn1. The molecule has 0 unspecified atom stereocenters. The molecule has 0 saturated carbocycles. The van der Waals surface area contributed by atoms with Gasteiger partial charge >= 0.3 is 0 Å². The van der Waals surface area contributed by atoms with Crippen molar-refractivity contribution in [1.82, 2.24) is 10.3 Å². The van der Waals surface area contributed by atoms with E-state index in [1.54, 1.807) is 24.4 Å². The number of carbonyl (C=O) groups is 2. The molecule has 1 aliphatic rings. The lowest BCUT2D eigenvalue weighted by Crippen LogP contribution is -2.26. The maximum absolute atomic E-state index is 12.2. The Morgan fingerprint density at radius 2 is 1.88 bits per heavy atom. The largest absolute Gasteiger partial charge is 0.486 e. The standard InChI is InChI=1S/C19H20N2O4/c22-16(14-4-6-17-18(13-14)25-12-11-24-17)5-7-19(23)21-10-8-15-3-1-2-9-20-15/h1-4,6,9,13H,5,7-8,10-12H2,(H,21,23). The minimum Gasteiger partial charge on any atom is -0.486 e. The van der Waals surface area contributed by atoms with E-state index in [0.29, 0.717) is 43.2 Å². The molecule has 1 amide bonds. The maximum atomic E-state index is 12.2. The molecule has 130 valence electrons. The van der Waals surface area contributed by atoms with Crippen LogP contribution in [0.1, 0.15) is 28.9 Å². The van der Waals surface area contributed by atoms with Crippen molar-refractivity contribution in [3.8, 4) is 11.5 Å². The normalized spacial score (nSPS) is 12.5. The first-order chi connectivity index (χ1) is 12.2. The number of carbonyl (C=O) groups excluding carboxylic acids is 2. The Morgan fingerprint density at radius 1 is 1.04 bits per heavy atom. The number of ketones is 1. The van der Waals surface area contributed by atoms with E-state index in [4.69, 9.17) is 9.47 Å². The van der Waals surface area contributed by atoms with Gasteiger partial charge in [0.1, 0.15) is 13.2 Å². The molecular weight excluding hydrogens is 320 g/mol. The zero-order valence-electron chi connectivity index (χ0n) is 13.9. The van der Waals surface area contributed by atoms with Crippen molar-refractivity contribution in [1.29, 1.82) is 0 Å². The van der Waals surface area contributed by atoms with Gasteiger partial charge in [-0.05, 0) is 30.3 Å². The number of benzene rings is 1. The number of pyridine rings is 1. The van der Waals surface area contributed by atoms with E-state index in [1.807, 2.05) is 18.2 Å². The number of amides is 1. The third-order valence-corrected chi connectivity index (χ3v) is 3.87. The zero-order valence-corrected chi connectivity index (χ0v) is 13.9. The number of ether oxygens (including phenoxy) is 2. The first kappa shape index (κ1) is 17.0. The van der Waals surface area contributed by atoms with Crippen LogP contribution in [-0.2, 0) is 11.2 Å². The Balaban J connectivity index is 1.43. The van der Waals surface area contributed by atoms with Gasteiger partial charge in [0.05, 0.1) is 0 Å². The first-order valence-electron chi connectivity index (χ1n) is 8.32. The highest BCUT2D eigenvalue weighted by Gasteiger charge is 2.15. The average Bonchev–Trinajstić information content (AvgIpc) is 2.66. The van der Waals surface area contributed by atoms with E-state index < -0.39 is 0 Å². The van der Waals surface area contributed by atoms with Crippen molar-refractivity contribution in [2.75, 3.05) is 19.8 Å². The van der Waals surface area contributed by atoms with E-state index in [2.05, 4.69) is 10.3 Å². The van der Waals surface area contributed by atoms with E-state index in [0.717, 1.165) is 5.69 Å². The van der Waals surface area contributed by atoms with Gasteiger partial charge in [-0.2, -0.15) is 0 Å². The molecule has 6 nitrogen and oxygen atoms in total. The molecule has 0 aliphatic carbocycles. The molecule has 1 aromatic heterocycles. The van der Waals surface area contributed by atoms with Crippen LogP contribution in [0.25, 0.3) is 0 Å². The van der Waals surface area contributed by atoms with Crippen molar-refractivity contribution < 1.29 is 19.1 Å². The van der Waals surface area contributed by atoms with Crippen LogP contribution in [0.2, 0.25) is 0 Å². The Hall–Kier alpha value is -2.89. The second-order valence-electron chi connectivity index (χ2n) is 5.70. The van der Waals surface area contributed by atoms with Gasteiger partial charge in [0, 0.05) is 43.3 Å². The fraction of sp³-hybridized carbons (Fsp3) is 0.316. The Kier molecular flexibility index (Phi) is 5.61. The number of nitrogens with zero attached hydrogens (tertiary/aromatic N) is 1. The third kappa shape index (κ3) is 4.79. The highest BCUT2D eigenvalue weighted by Crippen LogP contribution is 2.31. The Morgan fingerprint density at radius 3 is 2.68 bits per heavy atom. The molecule has 0 bridgehead atoms. The summed E-state index contributed by atoms with van der Waals surface area (Å²) in [6.45, 7) is 1.50. The number of hydrogen-bond donors (Lipinski definition) is 1. The second kappa shape index (κ2) is 8.28. The topological polar surface area (TPSA) is 77.5 Å². The molecular formula is C19H20N2O4. The smallest absolute Gasteiger partial charge is 0.220 e. The molecule has 0 saturated heterocycles. The summed E-state index contributed by atoms with van der Waals surface area (Å²) in [5.74, 6) is 1.01.